The van der Waals surface area contributed by atoms with Gasteiger partial charge in [-0.15, -0.1) is 0 Å². The first kappa shape index (κ1) is 14.1. The van der Waals surface area contributed by atoms with Crippen LogP contribution in [-0.2, 0) is 0 Å². The normalized spacial score (nSPS) is 32.7. The Balaban J connectivity index is 1.73. The van der Waals surface area contributed by atoms with Crippen molar-refractivity contribution in [1.29, 1.82) is 0 Å². The molecule has 0 aromatic heterocycles. The smallest absolute Gasteiger partial charge is 0.314 e. The Bertz CT molecular complexity index is 259. The number of likely N-dealkylation sites (tertiary alicyclic amines) is 1. The highest BCUT2D eigenvalue weighted by molar-refractivity contribution is 4.81. The summed E-state index contributed by atoms with van der Waals surface area (Å²) in [6.45, 7) is 5.44. The van der Waals surface area contributed by atoms with Gasteiger partial charge >= 0.3 is 6.18 Å². The van der Waals surface area contributed by atoms with Crippen molar-refractivity contribution in [1.82, 2.24) is 10.2 Å². The molecule has 2 saturated heterocycles. The summed E-state index contributed by atoms with van der Waals surface area (Å²) in [7, 11) is 0. The summed E-state index contributed by atoms with van der Waals surface area (Å²) in [6, 6.07) is 0.552. The number of hydrogen-bond donors (Lipinski definition) is 1. The minimum atomic E-state index is -3.99. The van der Waals surface area contributed by atoms with E-state index in [1.54, 1.807) is 0 Å². The van der Waals surface area contributed by atoms with Crippen LogP contribution in [0.5, 0.6) is 0 Å². The summed E-state index contributed by atoms with van der Waals surface area (Å²) in [4.78, 5) is 2.23. The molecule has 5 heteroatoms. The Morgan fingerprint density at radius 2 is 1.83 bits per heavy atom. The van der Waals surface area contributed by atoms with Crippen molar-refractivity contribution in [3.63, 3.8) is 0 Å². The highest BCUT2D eigenvalue weighted by atomic mass is 19.4. The average molecular weight is 264 g/mol. The lowest BCUT2D eigenvalue weighted by Gasteiger charge is -2.37. The molecule has 0 aromatic rings. The van der Waals surface area contributed by atoms with Gasteiger partial charge in [0.2, 0.25) is 0 Å². The van der Waals surface area contributed by atoms with E-state index in [1.807, 2.05) is 0 Å². The highest BCUT2D eigenvalue weighted by Crippen LogP contribution is 2.34. The Hall–Kier alpha value is -0.290. The third kappa shape index (κ3) is 3.85. The molecule has 2 atom stereocenters. The molecular formula is C13H23F3N2. The van der Waals surface area contributed by atoms with Crippen LogP contribution in [0.3, 0.4) is 0 Å². The SMILES string of the molecule is CC1CC(CN2CCC(C(F)(F)F)CC2)CCN1. The minimum absolute atomic E-state index is 0.282. The summed E-state index contributed by atoms with van der Waals surface area (Å²) in [5, 5.41) is 3.41. The summed E-state index contributed by atoms with van der Waals surface area (Å²) in [5.41, 5.74) is 0. The van der Waals surface area contributed by atoms with E-state index in [9.17, 15) is 13.2 Å². The van der Waals surface area contributed by atoms with E-state index in [4.69, 9.17) is 0 Å². The fourth-order valence-corrected chi connectivity index (χ4v) is 3.21. The first-order valence-corrected chi connectivity index (χ1v) is 6.97. The summed E-state index contributed by atoms with van der Waals surface area (Å²) in [6.07, 6.45) is -1.12. The van der Waals surface area contributed by atoms with Crippen molar-refractivity contribution < 1.29 is 13.2 Å². The zero-order valence-corrected chi connectivity index (χ0v) is 11.0. The zero-order valence-electron chi connectivity index (χ0n) is 11.0. The van der Waals surface area contributed by atoms with Crippen molar-refractivity contribution in [3.8, 4) is 0 Å². The van der Waals surface area contributed by atoms with Crippen LogP contribution in [0.4, 0.5) is 13.2 Å². The molecule has 2 rings (SSSR count). The lowest BCUT2D eigenvalue weighted by molar-refractivity contribution is -0.185. The molecule has 106 valence electrons. The van der Waals surface area contributed by atoms with Gasteiger partial charge in [0.1, 0.15) is 0 Å². The van der Waals surface area contributed by atoms with Crippen LogP contribution >= 0.6 is 0 Å². The average Bonchev–Trinajstić information content (AvgIpc) is 2.28. The van der Waals surface area contributed by atoms with E-state index in [-0.39, 0.29) is 12.8 Å². The first-order valence-electron chi connectivity index (χ1n) is 6.97. The minimum Gasteiger partial charge on any atom is -0.314 e. The number of alkyl halides is 3. The van der Waals surface area contributed by atoms with Gasteiger partial charge in [-0.1, -0.05) is 0 Å². The van der Waals surface area contributed by atoms with Gasteiger partial charge in [-0.3, -0.25) is 0 Å². The van der Waals surface area contributed by atoms with E-state index in [2.05, 4.69) is 17.1 Å². The van der Waals surface area contributed by atoms with Crippen LogP contribution in [-0.4, -0.2) is 43.3 Å². The molecule has 1 N–H and O–H groups in total. The number of halogens is 3. The molecule has 0 spiro atoms. The number of piperidine rings is 2. The topological polar surface area (TPSA) is 15.3 Å². The largest absolute Gasteiger partial charge is 0.391 e. The molecule has 0 aromatic carbocycles. The van der Waals surface area contributed by atoms with Crippen molar-refractivity contribution in [3.05, 3.63) is 0 Å². The fraction of sp³-hybridized carbons (Fsp3) is 1.00. The van der Waals surface area contributed by atoms with Gasteiger partial charge in [0, 0.05) is 12.6 Å². The predicted molar refractivity (Wildman–Crippen MR) is 65.4 cm³/mol. The molecule has 0 bridgehead atoms. The molecule has 0 saturated carbocycles. The fourth-order valence-electron chi connectivity index (χ4n) is 3.21. The van der Waals surface area contributed by atoms with Crippen LogP contribution in [0.25, 0.3) is 0 Å². The molecule has 0 radical (unpaired) electrons. The van der Waals surface area contributed by atoms with Crippen LogP contribution in [0.15, 0.2) is 0 Å². The molecule has 2 nitrogen and oxygen atoms in total. The lowest BCUT2D eigenvalue weighted by Crippen LogP contribution is -2.44. The standard InChI is InChI=1S/C13H23F3N2/c1-10-8-11(2-5-17-10)9-18-6-3-12(4-7-18)13(14,15)16/h10-12,17H,2-9H2,1H3. The summed E-state index contributed by atoms with van der Waals surface area (Å²) < 4.78 is 37.7. The number of nitrogens with zero attached hydrogens (tertiary/aromatic N) is 1. The van der Waals surface area contributed by atoms with Gasteiger partial charge in [-0.2, -0.15) is 13.2 Å². The van der Waals surface area contributed by atoms with E-state index >= 15 is 0 Å². The van der Waals surface area contributed by atoms with E-state index < -0.39 is 12.1 Å². The molecule has 2 fully saturated rings. The highest BCUT2D eigenvalue weighted by Gasteiger charge is 2.41. The van der Waals surface area contributed by atoms with Gasteiger partial charge in [0.15, 0.2) is 0 Å². The maximum atomic E-state index is 12.6. The molecule has 0 amide bonds. The number of hydrogen-bond acceptors (Lipinski definition) is 2. The second kappa shape index (κ2) is 5.78. The molecular weight excluding hydrogens is 241 g/mol. The van der Waals surface area contributed by atoms with Crippen LogP contribution < -0.4 is 5.32 Å². The van der Waals surface area contributed by atoms with Crippen LogP contribution in [0, 0.1) is 11.8 Å². The Morgan fingerprint density at radius 1 is 1.17 bits per heavy atom. The Kier molecular flexibility index (Phi) is 4.54. The maximum absolute atomic E-state index is 12.6. The molecule has 2 aliphatic heterocycles. The number of nitrogens with one attached hydrogen (secondary N) is 1. The van der Waals surface area contributed by atoms with Crippen LogP contribution in [0.2, 0.25) is 0 Å². The second-order valence-electron chi connectivity index (χ2n) is 5.86. The number of rotatable bonds is 2. The molecule has 2 unspecified atom stereocenters. The van der Waals surface area contributed by atoms with E-state index in [0.29, 0.717) is 25.0 Å². The zero-order chi connectivity index (χ0) is 13.2. The second-order valence-corrected chi connectivity index (χ2v) is 5.86. The lowest BCUT2D eigenvalue weighted by atomic mass is 9.90. The monoisotopic (exact) mass is 264 g/mol. The van der Waals surface area contributed by atoms with Gasteiger partial charge in [0.25, 0.3) is 0 Å². The van der Waals surface area contributed by atoms with Gasteiger partial charge < -0.3 is 10.2 Å². The van der Waals surface area contributed by atoms with Gasteiger partial charge in [0.05, 0.1) is 5.92 Å². The quantitative estimate of drug-likeness (QED) is 0.825. The first-order chi connectivity index (χ1) is 8.45. The van der Waals surface area contributed by atoms with Crippen molar-refractivity contribution in [2.45, 2.75) is 44.8 Å². The summed E-state index contributed by atoms with van der Waals surface area (Å²) >= 11 is 0. The predicted octanol–water partition coefficient (Wildman–Crippen LogP) is 2.65. The van der Waals surface area contributed by atoms with Crippen molar-refractivity contribution in [2.24, 2.45) is 11.8 Å². The third-order valence-electron chi connectivity index (χ3n) is 4.30. The van der Waals surface area contributed by atoms with Gasteiger partial charge in [-0.05, 0) is 58.2 Å². The Morgan fingerprint density at radius 3 is 2.39 bits per heavy atom. The van der Waals surface area contributed by atoms with Gasteiger partial charge in [-0.25, -0.2) is 0 Å². The van der Waals surface area contributed by atoms with Crippen molar-refractivity contribution >= 4 is 0 Å². The van der Waals surface area contributed by atoms with Crippen LogP contribution in [0.1, 0.15) is 32.6 Å². The third-order valence-corrected chi connectivity index (χ3v) is 4.30. The molecule has 2 heterocycles. The maximum Gasteiger partial charge on any atom is 0.391 e. The van der Waals surface area contributed by atoms with E-state index in [1.165, 1.54) is 0 Å². The Labute approximate surface area is 107 Å². The molecule has 2 aliphatic rings. The van der Waals surface area contributed by atoms with Crippen molar-refractivity contribution in [2.75, 3.05) is 26.2 Å². The summed E-state index contributed by atoms with van der Waals surface area (Å²) in [5.74, 6) is -0.413. The molecule has 18 heavy (non-hydrogen) atoms. The van der Waals surface area contributed by atoms with E-state index in [0.717, 1.165) is 25.9 Å². The molecule has 0 aliphatic carbocycles.